The van der Waals surface area contributed by atoms with Crippen LogP contribution in [0.3, 0.4) is 0 Å². The van der Waals surface area contributed by atoms with Gasteiger partial charge in [-0.25, -0.2) is 0 Å². The summed E-state index contributed by atoms with van der Waals surface area (Å²) in [6, 6.07) is 0.237. The maximum Gasteiger partial charge on any atom is 0.239 e. The molecule has 0 heterocycles. The molecule has 0 saturated carbocycles. The zero-order chi connectivity index (χ0) is 12.1. The standard InChI is InChI=1S/C12H26N2O/c1-7-9(3)10(4)14-11(15)12(5,6)13-8-2/h9-10,13H,7-8H2,1-6H3,(H,14,15). The van der Waals surface area contributed by atoms with Crippen molar-refractivity contribution < 1.29 is 4.79 Å². The Labute approximate surface area is 94.0 Å². The van der Waals surface area contributed by atoms with Gasteiger partial charge < -0.3 is 10.6 Å². The number of rotatable bonds is 6. The molecule has 15 heavy (non-hydrogen) atoms. The second-order valence-corrected chi connectivity index (χ2v) is 4.80. The molecule has 0 rings (SSSR count). The highest BCUT2D eigenvalue weighted by Gasteiger charge is 2.27. The molecule has 0 aliphatic carbocycles. The highest BCUT2D eigenvalue weighted by molar-refractivity contribution is 5.85. The summed E-state index contributed by atoms with van der Waals surface area (Å²) >= 11 is 0. The SMILES string of the molecule is CCNC(C)(C)C(=O)NC(C)C(C)CC. The third kappa shape index (κ3) is 4.65. The number of carbonyl (C=O) groups excluding carboxylic acids is 1. The second kappa shape index (κ2) is 6.11. The van der Waals surface area contributed by atoms with Crippen LogP contribution in [0, 0.1) is 5.92 Å². The lowest BCUT2D eigenvalue weighted by Crippen LogP contribution is -2.55. The van der Waals surface area contributed by atoms with Crippen LogP contribution in [0.25, 0.3) is 0 Å². The van der Waals surface area contributed by atoms with Gasteiger partial charge in [0.25, 0.3) is 0 Å². The molecule has 2 unspecified atom stereocenters. The fourth-order valence-corrected chi connectivity index (χ4v) is 1.41. The molecule has 0 bridgehead atoms. The first-order valence-electron chi connectivity index (χ1n) is 5.91. The smallest absolute Gasteiger partial charge is 0.239 e. The molecule has 0 radical (unpaired) electrons. The topological polar surface area (TPSA) is 41.1 Å². The van der Waals surface area contributed by atoms with Crippen molar-refractivity contribution >= 4 is 5.91 Å². The Morgan fingerprint density at radius 2 is 1.80 bits per heavy atom. The Kier molecular flexibility index (Phi) is 5.88. The molecule has 0 aromatic heterocycles. The number of hydrogen-bond acceptors (Lipinski definition) is 2. The minimum atomic E-state index is -0.476. The Hall–Kier alpha value is -0.570. The van der Waals surface area contributed by atoms with Crippen molar-refractivity contribution in [3.8, 4) is 0 Å². The molecule has 3 heteroatoms. The summed E-state index contributed by atoms with van der Waals surface area (Å²) in [5, 5.41) is 6.23. The molecular weight excluding hydrogens is 188 g/mol. The van der Waals surface area contributed by atoms with Gasteiger partial charge in [0.15, 0.2) is 0 Å². The molecule has 0 aromatic carbocycles. The Morgan fingerprint density at radius 3 is 2.20 bits per heavy atom. The third-order valence-corrected chi connectivity index (χ3v) is 3.04. The molecule has 2 N–H and O–H groups in total. The zero-order valence-electron chi connectivity index (χ0n) is 11.0. The number of likely N-dealkylation sites (N-methyl/N-ethyl adjacent to an activating group) is 1. The van der Waals surface area contributed by atoms with Gasteiger partial charge in [-0.1, -0.05) is 27.2 Å². The van der Waals surface area contributed by atoms with Crippen molar-refractivity contribution in [3.05, 3.63) is 0 Å². The first-order chi connectivity index (χ1) is 6.85. The molecule has 0 fully saturated rings. The average molecular weight is 214 g/mol. The normalized spacial score (nSPS) is 15.9. The molecule has 0 aliphatic heterocycles. The minimum absolute atomic E-state index is 0.0807. The van der Waals surface area contributed by atoms with Crippen LogP contribution < -0.4 is 10.6 Å². The van der Waals surface area contributed by atoms with Crippen molar-refractivity contribution in [2.24, 2.45) is 5.92 Å². The van der Waals surface area contributed by atoms with E-state index < -0.39 is 5.54 Å². The maximum atomic E-state index is 11.9. The van der Waals surface area contributed by atoms with E-state index in [9.17, 15) is 4.79 Å². The van der Waals surface area contributed by atoms with E-state index in [0.717, 1.165) is 13.0 Å². The van der Waals surface area contributed by atoms with Gasteiger partial charge >= 0.3 is 0 Å². The fourth-order valence-electron chi connectivity index (χ4n) is 1.41. The summed E-state index contributed by atoms with van der Waals surface area (Å²) in [6.07, 6.45) is 1.09. The lowest BCUT2D eigenvalue weighted by atomic mass is 9.98. The van der Waals surface area contributed by atoms with Crippen LogP contribution >= 0.6 is 0 Å². The van der Waals surface area contributed by atoms with Crippen molar-refractivity contribution in [1.29, 1.82) is 0 Å². The molecular formula is C12H26N2O. The molecule has 1 amide bonds. The van der Waals surface area contributed by atoms with Crippen molar-refractivity contribution in [2.45, 2.75) is 59.5 Å². The van der Waals surface area contributed by atoms with Gasteiger partial charge in [0, 0.05) is 6.04 Å². The molecule has 0 saturated heterocycles. The Bertz CT molecular complexity index is 202. The third-order valence-electron chi connectivity index (χ3n) is 3.04. The van der Waals surface area contributed by atoms with E-state index in [-0.39, 0.29) is 11.9 Å². The highest BCUT2D eigenvalue weighted by Crippen LogP contribution is 2.09. The lowest BCUT2D eigenvalue weighted by molar-refractivity contribution is -0.127. The van der Waals surface area contributed by atoms with Gasteiger partial charge in [-0.3, -0.25) is 4.79 Å². The summed E-state index contributed by atoms with van der Waals surface area (Å²) in [4.78, 5) is 11.9. The van der Waals surface area contributed by atoms with Gasteiger partial charge in [-0.15, -0.1) is 0 Å². The van der Waals surface area contributed by atoms with E-state index in [1.54, 1.807) is 0 Å². The van der Waals surface area contributed by atoms with Gasteiger partial charge in [0.05, 0.1) is 5.54 Å². The molecule has 0 spiro atoms. The second-order valence-electron chi connectivity index (χ2n) is 4.80. The van der Waals surface area contributed by atoms with E-state index in [0.29, 0.717) is 5.92 Å². The van der Waals surface area contributed by atoms with E-state index in [1.165, 1.54) is 0 Å². The number of carbonyl (C=O) groups is 1. The molecule has 0 aromatic rings. The van der Waals surface area contributed by atoms with Crippen molar-refractivity contribution in [3.63, 3.8) is 0 Å². The van der Waals surface area contributed by atoms with Crippen LogP contribution in [0.4, 0.5) is 0 Å². The number of amides is 1. The predicted molar refractivity (Wildman–Crippen MR) is 64.8 cm³/mol. The average Bonchev–Trinajstić information content (AvgIpc) is 2.16. The van der Waals surface area contributed by atoms with Crippen molar-refractivity contribution in [1.82, 2.24) is 10.6 Å². The van der Waals surface area contributed by atoms with Crippen molar-refractivity contribution in [2.75, 3.05) is 6.54 Å². The maximum absolute atomic E-state index is 11.9. The van der Waals surface area contributed by atoms with E-state index in [2.05, 4.69) is 31.4 Å². The largest absolute Gasteiger partial charge is 0.352 e. The number of nitrogens with one attached hydrogen (secondary N) is 2. The summed E-state index contributed by atoms with van der Waals surface area (Å²) in [7, 11) is 0. The highest BCUT2D eigenvalue weighted by atomic mass is 16.2. The van der Waals surface area contributed by atoms with Crippen LogP contribution in [-0.4, -0.2) is 24.0 Å². The monoisotopic (exact) mass is 214 g/mol. The minimum Gasteiger partial charge on any atom is -0.352 e. The predicted octanol–water partition coefficient (Wildman–Crippen LogP) is 1.93. The quantitative estimate of drug-likeness (QED) is 0.709. The van der Waals surface area contributed by atoms with Crippen LogP contribution in [-0.2, 0) is 4.79 Å². The van der Waals surface area contributed by atoms with E-state index in [4.69, 9.17) is 0 Å². The first-order valence-corrected chi connectivity index (χ1v) is 5.91. The van der Waals surface area contributed by atoms with Crippen LogP contribution in [0.2, 0.25) is 0 Å². The molecule has 90 valence electrons. The van der Waals surface area contributed by atoms with Gasteiger partial charge in [-0.2, -0.15) is 0 Å². The molecule has 3 nitrogen and oxygen atoms in total. The Balaban J connectivity index is 4.23. The van der Waals surface area contributed by atoms with Gasteiger partial charge in [0.2, 0.25) is 5.91 Å². The van der Waals surface area contributed by atoms with Crippen LogP contribution in [0.1, 0.15) is 48.0 Å². The molecule has 2 atom stereocenters. The van der Waals surface area contributed by atoms with E-state index >= 15 is 0 Å². The summed E-state index contributed by atoms with van der Waals surface area (Å²) in [5.41, 5.74) is -0.476. The van der Waals surface area contributed by atoms with Crippen LogP contribution in [0.5, 0.6) is 0 Å². The van der Waals surface area contributed by atoms with E-state index in [1.807, 2.05) is 20.8 Å². The van der Waals surface area contributed by atoms with Crippen LogP contribution in [0.15, 0.2) is 0 Å². The first kappa shape index (κ1) is 14.4. The number of hydrogen-bond donors (Lipinski definition) is 2. The molecule has 0 aliphatic rings. The van der Waals surface area contributed by atoms with Gasteiger partial charge in [-0.05, 0) is 33.2 Å². The fraction of sp³-hybridized carbons (Fsp3) is 0.917. The summed E-state index contributed by atoms with van der Waals surface area (Å²) in [6.45, 7) is 13.0. The summed E-state index contributed by atoms with van der Waals surface area (Å²) < 4.78 is 0. The lowest BCUT2D eigenvalue weighted by Gasteiger charge is -2.28. The summed E-state index contributed by atoms with van der Waals surface area (Å²) in [5.74, 6) is 0.600. The van der Waals surface area contributed by atoms with Gasteiger partial charge in [0.1, 0.15) is 0 Å². The Morgan fingerprint density at radius 1 is 1.27 bits per heavy atom. The zero-order valence-corrected chi connectivity index (χ0v) is 11.0.